The molecule has 3 aromatic carbocycles. The molecule has 3 aromatic rings. The number of aryl methyl sites for hydroxylation is 2. The van der Waals surface area contributed by atoms with Gasteiger partial charge < -0.3 is 0 Å². The highest BCUT2D eigenvalue weighted by atomic mass is 19.3. The van der Waals surface area contributed by atoms with Crippen LogP contribution in [-0.4, -0.2) is 49.4 Å². The number of halogens is 6. The Labute approximate surface area is 237 Å². The second-order valence-corrected chi connectivity index (χ2v) is 9.52. The van der Waals surface area contributed by atoms with Crippen molar-refractivity contribution in [1.82, 2.24) is 4.90 Å². The molecule has 2 heterocycles. The van der Waals surface area contributed by atoms with E-state index in [0.29, 0.717) is 5.69 Å². The Morgan fingerprint density at radius 2 is 1.00 bits per heavy atom. The van der Waals surface area contributed by atoms with E-state index in [1.165, 1.54) is 19.2 Å². The number of alkyl halides is 6. The summed E-state index contributed by atoms with van der Waals surface area (Å²) >= 11 is 0. The summed E-state index contributed by atoms with van der Waals surface area (Å²) in [5.74, 6) is -6.03. The number of fused-ring (bicyclic) bond motifs is 2. The lowest BCUT2D eigenvalue weighted by Crippen LogP contribution is -2.31. The third-order valence-electron chi connectivity index (χ3n) is 7.24. The van der Waals surface area contributed by atoms with Crippen LogP contribution in [0, 0.1) is 27.7 Å². The molecule has 5 rings (SSSR count). The van der Waals surface area contributed by atoms with E-state index < -0.39 is 54.5 Å². The van der Waals surface area contributed by atoms with Crippen molar-refractivity contribution in [2.75, 3.05) is 25.8 Å². The SMILES string of the molecule is Cc1cc(C)c(N2C(=O)c3ccc(C(F)(F)c4ccc5c(c4)C(=O)N(C)C5=O)cc3C2=O)c(C)c1C.FCF.FCF. The number of carbonyl (C=O) groups excluding carboxylic acids is 4. The normalized spacial score (nSPS) is 13.9. The standard InChI is InChI=1S/C28H22F2N2O4.2CH2F2/c1-13-10-14(2)23(16(4)15(13)3)32-26(35)20-9-7-18(12-22(20)27(32)36)28(29,30)17-6-8-19-21(11-17)25(34)31(5)24(19)33;2*2-1-3/h6-12H,1-5H3;2*1H2. The third-order valence-corrected chi connectivity index (χ3v) is 7.24. The Morgan fingerprint density at radius 1 is 0.595 bits per heavy atom. The molecule has 2 aliphatic heterocycles. The van der Waals surface area contributed by atoms with Crippen LogP contribution < -0.4 is 4.90 Å². The van der Waals surface area contributed by atoms with Crippen LogP contribution in [0.2, 0.25) is 0 Å². The lowest BCUT2D eigenvalue weighted by atomic mass is 9.94. The van der Waals surface area contributed by atoms with Gasteiger partial charge in [-0.3, -0.25) is 24.1 Å². The number of hydrogen-bond donors (Lipinski definition) is 0. The molecule has 4 amide bonds. The number of anilines is 1. The highest BCUT2D eigenvalue weighted by Crippen LogP contribution is 2.41. The van der Waals surface area contributed by atoms with Gasteiger partial charge in [0, 0.05) is 18.2 Å². The molecule has 0 N–H and O–H groups in total. The van der Waals surface area contributed by atoms with Gasteiger partial charge in [-0.25, -0.2) is 22.5 Å². The molecule has 222 valence electrons. The van der Waals surface area contributed by atoms with Crippen molar-refractivity contribution in [2.45, 2.75) is 33.6 Å². The van der Waals surface area contributed by atoms with Crippen molar-refractivity contribution in [3.8, 4) is 0 Å². The fourth-order valence-electron chi connectivity index (χ4n) is 4.98. The van der Waals surface area contributed by atoms with Crippen LogP contribution in [0.1, 0.15) is 74.8 Å². The van der Waals surface area contributed by atoms with Crippen LogP contribution in [-0.2, 0) is 5.92 Å². The summed E-state index contributed by atoms with van der Waals surface area (Å²) in [4.78, 5) is 52.9. The van der Waals surface area contributed by atoms with E-state index in [1.807, 2.05) is 26.8 Å². The molecule has 6 nitrogen and oxygen atoms in total. The van der Waals surface area contributed by atoms with Gasteiger partial charge in [0.25, 0.3) is 29.6 Å². The molecule has 0 aliphatic carbocycles. The Hall–Kier alpha value is -4.48. The number of rotatable bonds is 3. The third kappa shape index (κ3) is 5.28. The summed E-state index contributed by atoms with van der Waals surface area (Å²) in [6.45, 7) is 3.97. The Kier molecular flexibility index (Phi) is 9.29. The average Bonchev–Trinajstić information content (AvgIpc) is 3.32. The van der Waals surface area contributed by atoms with Crippen molar-refractivity contribution >= 4 is 29.3 Å². The molecule has 42 heavy (non-hydrogen) atoms. The molecule has 12 heteroatoms. The number of benzene rings is 3. The maximum absolute atomic E-state index is 15.6. The van der Waals surface area contributed by atoms with Crippen LogP contribution in [0.4, 0.5) is 32.0 Å². The van der Waals surface area contributed by atoms with Crippen molar-refractivity contribution in [2.24, 2.45) is 0 Å². The molecule has 2 aliphatic rings. The summed E-state index contributed by atoms with van der Waals surface area (Å²) in [6.07, 6.45) is 0. The molecular weight excluding hydrogens is 566 g/mol. The molecule has 0 unspecified atom stereocenters. The van der Waals surface area contributed by atoms with E-state index in [1.54, 1.807) is 6.92 Å². The summed E-state index contributed by atoms with van der Waals surface area (Å²) in [6, 6.07) is 8.58. The second-order valence-electron chi connectivity index (χ2n) is 9.52. The van der Waals surface area contributed by atoms with Gasteiger partial charge in [-0.15, -0.1) is 0 Å². The largest absolute Gasteiger partial charge is 0.298 e. The first kappa shape index (κ1) is 32.0. The zero-order valence-electron chi connectivity index (χ0n) is 23.3. The number of amides is 4. The molecule has 0 spiro atoms. The predicted octanol–water partition coefficient (Wildman–Crippen LogP) is 6.85. The molecule has 0 fully saturated rings. The van der Waals surface area contributed by atoms with E-state index in [2.05, 4.69) is 0 Å². The Bertz CT molecular complexity index is 1600. The highest BCUT2D eigenvalue weighted by molar-refractivity contribution is 6.35. The van der Waals surface area contributed by atoms with E-state index in [9.17, 15) is 36.7 Å². The van der Waals surface area contributed by atoms with Crippen LogP contribution in [0.25, 0.3) is 0 Å². The summed E-state index contributed by atoms with van der Waals surface area (Å²) in [5.41, 5.74) is 2.84. The molecule has 0 aromatic heterocycles. The molecule has 0 saturated carbocycles. The van der Waals surface area contributed by atoms with Gasteiger partial charge in [-0.05, 0) is 74.2 Å². The minimum absolute atomic E-state index is 0.0490. The van der Waals surface area contributed by atoms with Crippen LogP contribution in [0.15, 0.2) is 42.5 Å². The fourth-order valence-corrected chi connectivity index (χ4v) is 4.98. The number of hydrogen-bond acceptors (Lipinski definition) is 4. The van der Waals surface area contributed by atoms with Crippen LogP contribution in [0.5, 0.6) is 0 Å². The number of imide groups is 2. The maximum atomic E-state index is 15.6. The lowest BCUT2D eigenvalue weighted by molar-refractivity contribution is 0.0427. The summed E-state index contributed by atoms with van der Waals surface area (Å²) < 4.78 is 69.7. The molecule has 0 radical (unpaired) electrons. The van der Waals surface area contributed by atoms with Gasteiger partial charge >= 0.3 is 0 Å². The van der Waals surface area contributed by atoms with Gasteiger partial charge in [0.2, 0.25) is 13.9 Å². The highest BCUT2D eigenvalue weighted by Gasteiger charge is 2.43. The molecular formula is C30H26F6N2O4. The van der Waals surface area contributed by atoms with Crippen molar-refractivity contribution in [3.63, 3.8) is 0 Å². The van der Waals surface area contributed by atoms with Crippen LogP contribution >= 0.6 is 0 Å². The van der Waals surface area contributed by atoms with E-state index in [4.69, 9.17) is 0 Å². The monoisotopic (exact) mass is 592 g/mol. The predicted molar refractivity (Wildman–Crippen MR) is 143 cm³/mol. The molecule has 0 bridgehead atoms. The Morgan fingerprint density at radius 3 is 1.50 bits per heavy atom. The number of nitrogens with zero attached hydrogens (tertiary/aromatic N) is 2. The van der Waals surface area contributed by atoms with Crippen LogP contribution in [0.3, 0.4) is 0 Å². The topological polar surface area (TPSA) is 74.8 Å². The van der Waals surface area contributed by atoms with Gasteiger partial charge in [0.15, 0.2) is 0 Å². The van der Waals surface area contributed by atoms with Crippen molar-refractivity contribution in [1.29, 1.82) is 0 Å². The first-order chi connectivity index (χ1) is 19.7. The quantitative estimate of drug-likeness (QED) is 0.246. The Balaban J connectivity index is 0.000000745. The van der Waals surface area contributed by atoms with Gasteiger partial charge in [0.05, 0.1) is 27.9 Å². The summed E-state index contributed by atoms with van der Waals surface area (Å²) in [7, 11) is 1.29. The zero-order valence-corrected chi connectivity index (χ0v) is 23.3. The zero-order chi connectivity index (χ0) is 31.7. The first-order valence-corrected chi connectivity index (χ1v) is 12.4. The minimum Gasteiger partial charge on any atom is -0.277 e. The number of carbonyl (C=O) groups is 4. The first-order valence-electron chi connectivity index (χ1n) is 12.4. The maximum Gasteiger partial charge on any atom is 0.298 e. The van der Waals surface area contributed by atoms with Crippen molar-refractivity contribution < 1.29 is 45.5 Å². The average molecular weight is 593 g/mol. The summed E-state index contributed by atoms with van der Waals surface area (Å²) in [5, 5.41) is 0. The lowest BCUT2D eigenvalue weighted by Gasteiger charge is -2.22. The van der Waals surface area contributed by atoms with Gasteiger partial charge in [0.1, 0.15) is 0 Å². The van der Waals surface area contributed by atoms with Gasteiger partial charge in [-0.1, -0.05) is 18.2 Å². The van der Waals surface area contributed by atoms with E-state index in [0.717, 1.165) is 56.3 Å². The smallest absolute Gasteiger partial charge is 0.277 e. The minimum atomic E-state index is -3.59. The van der Waals surface area contributed by atoms with Gasteiger partial charge in [-0.2, -0.15) is 8.78 Å². The molecule has 0 atom stereocenters. The van der Waals surface area contributed by atoms with Crippen molar-refractivity contribution in [3.05, 3.63) is 98.1 Å². The second kappa shape index (κ2) is 12.2. The fraction of sp³-hybridized carbons (Fsp3) is 0.267. The molecule has 0 saturated heterocycles. The van der Waals surface area contributed by atoms with E-state index in [-0.39, 0.29) is 22.3 Å². The van der Waals surface area contributed by atoms with E-state index >= 15 is 8.78 Å².